The monoisotopic (exact) mass is 411 g/mol. The van der Waals surface area contributed by atoms with Gasteiger partial charge in [-0.3, -0.25) is 0 Å². The molecule has 1 unspecified atom stereocenters. The summed E-state index contributed by atoms with van der Waals surface area (Å²) < 4.78 is 36.2. The van der Waals surface area contributed by atoms with Gasteiger partial charge in [-0.15, -0.1) is 0 Å². The normalized spacial score (nSPS) is 17.4. The lowest BCUT2D eigenvalue weighted by molar-refractivity contribution is 0.0945. The van der Waals surface area contributed by atoms with E-state index in [1.54, 1.807) is 23.9 Å². The van der Waals surface area contributed by atoms with Crippen molar-refractivity contribution in [3.8, 4) is 5.75 Å². The first-order valence-corrected chi connectivity index (χ1v) is 11.4. The van der Waals surface area contributed by atoms with Crippen molar-refractivity contribution < 1.29 is 17.9 Å². The standard InChI is InChI=1S/C18H25N3O4S2/c1-13-14(2)21(12-16-4-3-9-24-16)18(20-13)26-11-10-25-15-5-7-17(8-6-15)27(19,22)23/h5-8,16H,3-4,9-12H2,1-2H3,(H2,19,22,23). The first-order valence-electron chi connectivity index (χ1n) is 8.88. The van der Waals surface area contributed by atoms with E-state index in [0.29, 0.717) is 12.4 Å². The topological polar surface area (TPSA) is 96.4 Å². The third-order valence-corrected chi connectivity index (χ3v) is 6.44. The summed E-state index contributed by atoms with van der Waals surface area (Å²) >= 11 is 1.65. The van der Waals surface area contributed by atoms with Crippen LogP contribution in [-0.2, 0) is 21.3 Å². The number of benzene rings is 1. The Morgan fingerprint density at radius 2 is 2.07 bits per heavy atom. The van der Waals surface area contributed by atoms with Crippen molar-refractivity contribution in [3.63, 3.8) is 0 Å². The summed E-state index contributed by atoms with van der Waals surface area (Å²) in [4.78, 5) is 4.74. The van der Waals surface area contributed by atoms with Crippen LogP contribution in [0.25, 0.3) is 0 Å². The number of nitrogens with zero attached hydrogens (tertiary/aromatic N) is 2. The molecule has 0 aliphatic carbocycles. The number of nitrogens with two attached hydrogens (primary N) is 1. The molecule has 2 N–H and O–H groups in total. The highest BCUT2D eigenvalue weighted by Gasteiger charge is 2.20. The highest BCUT2D eigenvalue weighted by Crippen LogP contribution is 2.24. The summed E-state index contributed by atoms with van der Waals surface area (Å²) in [5, 5.41) is 6.07. The highest BCUT2D eigenvalue weighted by molar-refractivity contribution is 7.99. The van der Waals surface area contributed by atoms with Crippen molar-refractivity contribution >= 4 is 21.8 Å². The molecular formula is C18H25N3O4S2. The largest absolute Gasteiger partial charge is 0.493 e. The fourth-order valence-corrected chi connectivity index (χ4v) is 4.39. The summed E-state index contributed by atoms with van der Waals surface area (Å²) in [6.07, 6.45) is 2.49. The Morgan fingerprint density at radius 3 is 2.70 bits per heavy atom. The number of sulfonamides is 1. The number of thioether (sulfide) groups is 1. The van der Waals surface area contributed by atoms with Gasteiger partial charge in [0.25, 0.3) is 0 Å². The lowest BCUT2D eigenvalue weighted by Crippen LogP contribution is -2.17. The van der Waals surface area contributed by atoms with Crippen molar-refractivity contribution in [2.45, 2.75) is 49.4 Å². The predicted molar refractivity (Wildman–Crippen MR) is 105 cm³/mol. The Labute approximate surface area is 164 Å². The molecule has 1 aliphatic heterocycles. The number of hydrogen-bond acceptors (Lipinski definition) is 6. The number of rotatable bonds is 8. The molecule has 1 fully saturated rings. The van der Waals surface area contributed by atoms with Crippen molar-refractivity contribution in [2.75, 3.05) is 19.0 Å². The molecule has 27 heavy (non-hydrogen) atoms. The van der Waals surface area contributed by atoms with Crippen LogP contribution >= 0.6 is 11.8 Å². The molecule has 2 aromatic rings. The van der Waals surface area contributed by atoms with E-state index < -0.39 is 10.0 Å². The number of aromatic nitrogens is 2. The zero-order valence-corrected chi connectivity index (χ0v) is 17.2. The van der Waals surface area contributed by atoms with Crippen LogP contribution in [0, 0.1) is 13.8 Å². The lowest BCUT2D eigenvalue weighted by Gasteiger charge is -2.14. The summed E-state index contributed by atoms with van der Waals surface area (Å²) in [7, 11) is -3.68. The van der Waals surface area contributed by atoms with Crippen LogP contribution < -0.4 is 9.88 Å². The van der Waals surface area contributed by atoms with E-state index in [0.717, 1.165) is 42.6 Å². The fraction of sp³-hybridized carbons (Fsp3) is 0.500. The van der Waals surface area contributed by atoms with E-state index in [9.17, 15) is 8.42 Å². The second-order valence-corrected chi connectivity index (χ2v) is 9.15. The second kappa shape index (κ2) is 8.64. The van der Waals surface area contributed by atoms with Gasteiger partial charge >= 0.3 is 0 Å². The minimum absolute atomic E-state index is 0.0753. The molecule has 0 amide bonds. The van der Waals surface area contributed by atoms with Gasteiger partial charge in [0, 0.05) is 18.1 Å². The number of ether oxygens (including phenoxy) is 2. The fourth-order valence-electron chi connectivity index (χ4n) is 2.96. The van der Waals surface area contributed by atoms with Gasteiger partial charge in [0.1, 0.15) is 5.75 Å². The third kappa shape index (κ3) is 5.25. The number of primary sulfonamides is 1. The van der Waals surface area contributed by atoms with E-state index in [1.807, 2.05) is 6.92 Å². The van der Waals surface area contributed by atoms with Gasteiger partial charge in [0.15, 0.2) is 5.16 Å². The maximum Gasteiger partial charge on any atom is 0.238 e. The van der Waals surface area contributed by atoms with Crippen molar-refractivity contribution in [3.05, 3.63) is 35.7 Å². The maximum atomic E-state index is 11.3. The summed E-state index contributed by atoms with van der Waals surface area (Å²) in [6, 6.07) is 6.10. The molecule has 1 aromatic carbocycles. The van der Waals surface area contributed by atoms with Crippen LogP contribution in [0.1, 0.15) is 24.2 Å². The Morgan fingerprint density at radius 1 is 1.33 bits per heavy atom. The van der Waals surface area contributed by atoms with Crippen LogP contribution in [0.5, 0.6) is 5.75 Å². The van der Waals surface area contributed by atoms with Gasteiger partial charge in [-0.05, 0) is 51.0 Å². The molecule has 1 saturated heterocycles. The van der Waals surface area contributed by atoms with E-state index in [4.69, 9.17) is 14.6 Å². The van der Waals surface area contributed by atoms with Crippen LogP contribution in [0.4, 0.5) is 0 Å². The van der Waals surface area contributed by atoms with E-state index >= 15 is 0 Å². The first kappa shape index (κ1) is 20.2. The molecule has 7 nitrogen and oxygen atoms in total. The minimum Gasteiger partial charge on any atom is -0.493 e. The first-order chi connectivity index (χ1) is 12.8. The molecule has 1 atom stereocenters. The molecular weight excluding hydrogens is 386 g/mol. The van der Waals surface area contributed by atoms with Crippen LogP contribution in [0.2, 0.25) is 0 Å². The number of hydrogen-bond donors (Lipinski definition) is 1. The van der Waals surface area contributed by atoms with Gasteiger partial charge in [-0.2, -0.15) is 0 Å². The van der Waals surface area contributed by atoms with Gasteiger partial charge in [-0.1, -0.05) is 11.8 Å². The average Bonchev–Trinajstić information content (AvgIpc) is 3.23. The molecule has 0 saturated carbocycles. The molecule has 2 heterocycles. The summed E-state index contributed by atoms with van der Waals surface area (Å²) in [5.74, 6) is 1.34. The molecule has 0 radical (unpaired) electrons. The quantitative estimate of drug-likeness (QED) is 0.530. The van der Waals surface area contributed by atoms with Crippen molar-refractivity contribution in [1.82, 2.24) is 9.55 Å². The molecule has 0 spiro atoms. The molecule has 1 aliphatic rings. The zero-order valence-electron chi connectivity index (χ0n) is 15.6. The predicted octanol–water partition coefficient (Wildman–Crippen LogP) is 2.50. The highest BCUT2D eigenvalue weighted by atomic mass is 32.2. The van der Waals surface area contributed by atoms with Crippen LogP contribution in [-0.4, -0.2) is 43.0 Å². The molecule has 9 heteroatoms. The van der Waals surface area contributed by atoms with Gasteiger partial charge in [-0.25, -0.2) is 18.5 Å². The molecule has 148 valence electrons. The molecule has 1 aromatic heterocycles. The average molecular weight is 412 g/mol. The molecule has 3 rings (SSSR count). The Kier molecular flexibility index (Phi) is 6.46. The van der Waals surface area contributed by atoms with Crippen LogP contribution in [0.15, 0.2) is 34.3 Å². The Hall–Kier alpha value is -1.55. The SMILES string of the molecule is Cc1nc(SCCOc2ccc(S(N)(=O)=O)cc2)n(CC2CCCO2)c1C. The van der Waals surface area contributed by atoms with Crippen molar-refractivity contribution in [2.24, 2.45) is 5.14 Å². The maximum absolute atomic E-state index is 11.3. The second-order valence-electron chi connectivity index (χ2n) is 6.52. The van der Waals surface area contributed by atoms with Gasteiger partial charge < -0.3 is 14.0 Å². The minimum atomic E-state index is -3.68. The number of aryl methyl sites for hydroxylation is 1. The Bertz CT molecular complexity index is 873. The van der Waals surface area contributed by atoms with E-state index in [2.05, 4.69) is 16.5 Å². The smallest absolute Gasteiger partial charge is 0.238 e. The van der Waals surface area contributed by atoms with Gasteiger partial charge in [0.2, 0.25) is 10.0 Å². The molecule has 0 bridgehead atoms. The zero-order chi connectivity index (χ0) is 19.4. The van der Waals surface area contributed by atoms with Gasteiger partial charge in [0.05, 0.1) is 29.8 Å². The van der Waals surface area contributed by atoms with Crippen LogP contribution in [0.3, 0.4) is 0 Å². The Balaban J connectivity index is 1.53. The van der Waals surface area contributed by atoms with E-state index in [-0.39, 0.29) is 11.0 Å². The summed E-state index contributed by atoms with van der Waals surface area (Å²) in [6.45, 7) is 6.28. The third-order valence-electron chi connectivity index (χ3n) is 4.57. The summed E-state index contributed by atoms with van der Waals surface area (Å²) in [5.41, 5.74) is 2.21. The number of imidazole rings is 1. The van der Waals surface area contributed by atoms with E-state index in [1.165, 1.54) is 17.8 Å². The van der Waals surface area contributed by atoms with Crippen molar-refractivity contribution in [1.29, 1.82) is 0 Å². The lowest BCUT2D eigenvalue weighted by atomic mass is 10.2.